The van der Waals surface area contributed by atoms with Gasteiger partial charge in [-0.3, -0.25) is 18.9 Å². The van der Waals surface area contributed by atoms with Gasteiger partial charge in [-0.15, -0.1) is 0 Å². The quantitative estimate of drug-likeness (QED) is 0.353. The first kappa shape index (κ1) is 24.7. The summed E-state index contributed by atoms with van der Waals surface area (Å²) >= 11 is 6.82. The third-order valence-corrected chi connectivity index (χ3v) is 8.15. The smallest absolute Gasteiger partial charge is 0.267 e. The Morgan fingerprint density at radius 1 is 1.08 bits per heavy atom. The van der Waals surface area contributed by atoms with Crippen molar-refractivity contribution in [3.8, 4) is 0 Å². The zero-order chi connectivity index (χ0) is 25.4. The molecule has 2 aliphatic rings. The van der Waals surface area contributed by atoms with E-state index in [1.807, 2.05) is 49.4 Å². The number of nitrogens with zero attached hydrogens (tertiary/aromatic N) is 4. The monoisotopic (exact) mass is 518 g/mol. The lowest BCUT2D eigenvalue weighted by atomic mass is 9.91. The molecule has 2 fully saturated rings. The molecule has 2 saturated heterocycles. The van der Waals surface area contributed by atoms with Crippen LogP contribution < -0.4 is 10.5 Å². The van der Waals surface area contributed by atoms with Crippen LogP contribution in [0.1, 0.15) is 37.0 Å². The molecule has 3 aromatic rings. The van der Waals surface area contributed by atoms with E-state index >= 15 is 0 Å². The first-order chi connectivity index (χ1) is 17.3. The van der Waals surface area contributed by atoms with Gasteiger partial charge in [0.2, 0.25) is 0 Å². The maximum absolute atomic E-state index is 13.8. The molecule has 8 heteroatoms. The van der Waals surface area contributed by atoms with Gasteiger partial charge in [0.25, 0.3) is 11.5 Å². The first-order valence-electron chi connectivity index (χ1n) is 12.4. The van der Waals surface area contributed by atoms with Crippen LogP contribution in [0.5, 0.6) is 0 Å². The maximum Gasteiger partial charge on any atom is 0.267 e. The minimum atomic E-state index is -0.167. The summed E-state index contributed by atoms with van der Waals surface area (Å²) in [5.41, 5.74) is 3.01. The Kier molecular flexibility index (Phi) is 6.99. The summed E-state index contributed by atoms with van der Waals surface area (Å²) < 4.78 is 2.10. The van der Waals surface area contributed by atoms with E-state index in [1.165, 1.54) is 11.8 Å². The van der Waals surface area contributed by atoms with Gasteiger partial charge in [-0.25, -0.2) is 4.98 Å². The number of rotatable bonds is 5. The fraction of sp³-hybridized carbons (Fsp3) is 0.357. The van der Waals surface area contributed by atoms with Gasteiger partial charge < -0.3 is 4.90 Å². The molecule has 0 aliphatic carbocycles. The topological polar surface area (TPSA) is 57.9 Å². The number of fused-ring (bicyclic) bond motifs is 1. The van der Waals surface area contributed by atoms with E-state index in [4.69, 9.17) is 17.2 Å². The summed E-state index contributed by atoms with van der Waals surface area (Å²) in [6.45, 7) is 8.59. The minimum absolute atomic E-state index is 0.152. The molecule has 1 amide bonds. The molecule has 0 unspecified atom stereocenters. The van der Waals surface area contributed by atoms with Gasteiger partial charge in [0.1, 0.15) is 15.8 Å². The number of thioether (sulfide) groups is 1. The molecule has 2 atom stereocenters. The van der Waals surface area contributed by atoms with E-state index in [0.717, 1.165) is 37.1 Å². The number of hydrogen-bond donors (Lipinski definition) is 0. The molecule has 36 heavy (non-hydrogen) atoms. The van der Waals surface area contributed by atoms with Crippen LogP contribution >= 0.6 is 24.0 Å². The Hall–Kier alpha value is -2.97. The number of amides is 1. The number of aryl methyl sites for hydroxylation is 1. The highest BCUT2D eigenvalue weighted by atomic mass is 32.2. The lowest BCUT2D eigenvalue weighted by Gasteiger charge is -2.36. The summed E-state index contributed by atoms with van der Waals surface area (Å²) in [5.74, 6) is 1.49. The molecule has 0 bridgehead atoms. The Bertz CT molecular complexity index is 1410. The molecule has 2 aliphatic heterocycles. The minimum Gasteiger partial charge on any atom is -0.355 e. The zero-order valence-electron chi connectivity index (χ0n) is 20.8. The highest BCUT2D eigenvalue weighted by Crippen LogP contribution is 2.34. The average molecular weight is 519 g/mol. The van der Waals surface area contributed by atoms with Gasteiger partial charge in [-0.2, -0.15) is 0 Å². The number of benzene rings is 1. The molecular formula is C28H30N4O2S2. The number of hydrogen-bond acceptors (Lipinski definition) is 6. The van der Waals surface area contributed by atoms with Crippen LogP contribution in [0.25, 0.3) is 11.7 Å². The average Bonchev–Trinajstić information content (AvgIpc) is 3.11. The lowest BCUT2D eigenvalue weighted by Crippen LogP contribution is -2.40. The van der Waals surface area contributed by atoms with Crippen molar-refractivity contribution in [3.05, 3.63) is 80.6 Å². The molecule has 4 heterocycles. The summed E-state index contributed by atoms with van der Waals surface area (Å²) in [5, 5.41) is 0. The van der Waals surface area contributed by atoms with E-state index in [1.54, 1.807) is 21.6 Å². The van der Waals surface area contributed by atoms with Crippen molar-refractivity contribution < 1.29 is 4.79 Å². The van der Waals surface area contributed by atoms with Gasteiger partial charge in [0.05, 0.1) is 10.5 Å². The van der Waals surface area contributed by atoms with Crippen molar-refractivity contribution in [2.24, 2.45) is 11.8 Å². The highest BCUT2D eigenvalue weighted by Gasteiger charge is 2.33. The van der Waals surface area contributed by atoms with Crippen molar-refractivity contribution in [2.75, 3.05) is 24.5 Å². The van der Waals surface area contributed by atoms with Gasteiger partial charge >= 0.3 is 0 Å². The van der Waals surface area contributed by atoms with Crippen molar-refractivity contribution in [1.29, 1.82) is 0 Å². The molecule has 0 spiro atoms. The molecule has 0 N–H and O–H groups in total. The molecule has 1 aromatic carbocycles. The molecule has 6 nitrogen and oxygen atoms in total. The summed E-state index contributed by atoms with van der Waals surface area (Å²) in [7, 11) is 0. The van der Waals surface area contributed by atoms with E-state index in [9.17, 15) is 9.59 Å². The van der Waals surface area contributed by atoms with Crippen LogP contribution in [0.4, 0.5) is 5.82 Å². The largest absolute Gasteiger partial charge is 0.355 e. The van der Waals surface area contributed by atoms with Crippen LogP contribution in [0.3, 0.4) is 0 Å². The number of piperidine rings is 1. The third kappa shape index (κ3) is 4.97. The van der Waals surface area contributed by atoms with E-state index in [0.29, 0.717) is 44.6 Å². The predicted octanol–water partition coefficient (Wildman–Crippen LogP) is 4.93. The van der Waals surface area contributed by atoms with Crippen LogP contribution in [0.2, 0.25) is 0 Å². The standard InChI is InChI=1S/C28H30N4O2S2/c1-18-9-10-24-29-25(30-15-19(2)13-20(3)16-30)22(26(33)32(24)17-18)14-23-27(34)31(28(35)36-23)12-11-21-7-5-4-6-8-21/h4-10,14,17,19-20H,11-13,15-16H2,1-3H3/b23-14-/t19-,20-/m1/s1. The lowest BCUT2D eigenvalue weighted by molar-refractivity contribution is -0.122. The fourth-order valence-electron chi connectivity index (χ4n) is 5.16. The van der Waals surface area contributed by atoms with E-state index in [2.05, 4.69) is 18.7 Å². The zero-order valence-corrected chi connectivity index (χ0v) is 22.4. The number of anilines is 1. The number of thiocarbonyl (C=S) groups is 1. The number of aromatic nitrogens is 2. The van der Waals surface area contributed by atoms with E-state index < -0.39 is 0 Å². The molecule has 186 valence electrons. The second-order valence-electron chi connectivity index (χ2n) is 10.0. The second-order valence-corrected chi connectivity index (χ2v) is 11.7. The van der Waals surface area contributed by atoms with E-state index in [-0.39, 0.29) is 11.5 Å². The van der Waals surface area contributed by atoms with Gasteiger partial charge in [0.15, 0.2) is 0 Å². The van der Waals surface area contributed by atoms with Gasteiger partial charge in [-0.05, 0) is 54.9 Å². The van der Waals surface area contributed by atoms with Gasteiger partial charge in [0, 0.05) is 25.8 Å². The first-order valence-corrected chi connectivity index (χ1v) is 13.6. The van der Waals surface area contributed by atoms with Crippen molar-refractivity contribution in [1.82, 2.24) is 14.3 Å². The molecular weight excluding hydrogens is 488 g/mol. The van der Waals surface area contributed by atoms with Crippen molar-refractivity contribution >= 4 is 51.7 Å². The van der Waals surface area contributed by atoms with Crippen LogP contribution in [0.15, 0.2) is 58.4 Å². The third-order valence-electron chi connectivity index (χ3n) is 6.77. The molecule has 0 saturated carbocycles. The fourth-order valence-corrected chi connectivity index (χ4v) is 6.45. The van der Waals surface area contributed by atoms with Crippen LogP contribution in [-0.4, -0.2) is 44.1 Å². The van der Waals surface area contributed by atoms with Gasteiger partial charge in [-0.1, -0.05) is 74.2 Å². The number of carbonyl (C=O) groups is 1. The number of carbonyl (C=O) groups excluding carboxylic acids is 1. The Morgan fingerprint density at radius 3 is 2.53 bits per heavy atom. The summed E-state index contributed by atoms with van der Waals surface area (Å²) in [4.78, 5) is 36.4. The normalized spacial score (nSPS) is 21.7. The highest BCUT2D eigenvalue weighted by molar-refractivity contribution is 8.26. The Balaban J connectivity index is 1.53. The SMILES string of the molecule is Cc1ccc2nc(N3C[C@H](C)C[C@@H](C)C3)c(/C=C3\SC(=S)N(CCc4ccccc4)C3=O)c(=O)n2c1. The molecule has 5 rings (SSSR count). The maximum atomic E-state index is 13.8. The van der Waals surface area contributed by atoms with Crippen LogP contribution in [-0.2, 0) is 11.2 Å². The summed E-state index contributed by atoms with van der Waals surface area (Å²) in [6, 6.07) is 13.9. The van der Waals surface area contributed by atoms with Crippen molar-refractivity contribution in [2.45, 2.75) is 33.6 Å². The number of pyridine rings is 1. The second kappa shape index (κ2) is 10.2. The van der Waals surface area contributed by atoms with Crippen LogP contribution in [0, 0.1) is 18.8 Å². The molecule has 0 radical (unpaired) electrons. The predicted molar refractivity (Wildman–Crippen MR) is 151 cm³/mol. The van der Waals surface area contributed by atoms with Crippen molar-refractivity contribution in [3.63, 3.8) is 0 Å². The Labute approximate surface area is 221 Å². The summed E-state index contributed by atoms with van der Waals surface area (Å²) in [6.07, 6.45) is 5.38. The Morgan fingerprint density at radius 2 is 1.81 bits per heavy atom. The molecule has 2 aromatic heterocycles.